The third kappa shape index (κ3) is 3.29. The average molecular weight is 277 g/mol. The van der Waals surface area contributed by atoms with Crippen molar-refractivity contribution in [1.29, 1.82) is 0 Å². The van der Waals surface area contributed by atoms with E-state index in [4.69, 9.17) is 10.5 Å². The number of amides is 1. The minimum atomic E-state index is -0.330. The van der Waals surface area contributed by atoms with Crippen LogP contribution in [0.3, 0.4) is 0 Å². The number of hydrogen-bond acceptors (Lipinski definition) is 4. The van der Waals surface area contributed by atoms with Gasteiger partial charge in [-0.3, -0.25) is 4.79 Å². The summed E-state index contributed by atoms with van der Waals surface area (Å²) in [6.45, 7) is 1.74. The van der Waals surface area contributed by atoms with Gasteiger partial charge < -0.3 is 20.7 Å². The summed E-state index contributed by atoms with van der Waals surface area (Å²) in [5, 5.41) is 3.10. The lowest BCUT2D eigenvalue weighted by Crippen LogP contribution is -2.56. The zero-order chi connectivity index (χ0) is 14.6. The van der Waals surface area contributed by atoms with Gasteiger partial charge in [0.15, 0.2) is 0 Å². The molecule has 1 saturated heterocycles. The van der Waals surface area contributed by atoms with Gasteiger partial charge in [0.2, 0.25) is 0 Å². The molecule has 0 unspecified atom stereocenters. The smallest absolute Gasteiger partial charge is 0.251 e. The summed E-state index contributed by atoms with van der Waals surface area (Å²) >= 11 is 0. The Morgan fingerprint density at radius 3 is 2.70 bits per heavy atom. The molecule has 0 radical (unpaired) electrons. The topological polar surface area (TPSA) is 67.6 Å². The van der Waals surface area contributed by atoms with Crippen LogP contribution in [0.2, 0.25) is 0 Å². The Kier molecular flexibility index (Phi) is 4.62. The normalized spacial score (nSPS) is 17.6. The summed E-state index contributed by atoms with van der Waals surface area (Å²) in [6.07, 6.45) is 1.53. The van der Waals surface area contributed by atoms with Gasteiger partial charge in [-0.25, -0.2) is 0 Å². The first-order chi connectivity index (χ1) is 9.56. The maximum Gasteiger partial charge on any atom is 0.251 e. The van der Waals surface area contributed by atoms with E-state index in [2.05, 4.69) is 5.32 Å². The second-order valence-corrected chi connectivity index (χ2v) is 5.50. The van der Waals surface area contributed by atoms with Crippen LogP contribution in [0.4, 0.5) is 5.69 Å². The number of benzene rings is 1. The molecule has 0 aromatic heterocycles. The third-order valence-corrected chi connectivity index (χ3v) is 3.84. The van der Waals surface area contributed by atoms with Crippen molar-refractivity contribution < 1.29 is 9.53 Å². The molecule has 110 valence electrons. The monoisotopic (exact) mass is 277 g/mol. The summed E-state index contributed by atoms with van der Waals surface area (Å²) in [5.74, 6) is -0.0685. The van der Waals surface area contributed by atoms with Crippen molar-refractivity contribution in [2.75, 3.05) is 38.8 Å². The molecule has 1 aromatic rings. The van der Waals surface area contributed by atoms with Gasteiger partial charge in [-0.05, 0) is 31.0 Å². The number of rotatable bonds is 4. The predicted molar refractivity (Wildman–Crippen MR) is 80.1 cm³/mol. The van der Waals surface area contributed by atoms with Crippen molar-refractivity contribution >= 4 is 11.6 Å². The van der Waals surface area contributed by atoms with Gasteiger partial charge in [0.05, 0.1) is 5.54 Å². The van der Waals surface area contributed by atoms with Crippen LogP contribution in [-0.4, -0.2) is 45.3 Å². The van der Waals surface area contributed by atoms with Gasteiger partial charge in [0.25, 0.3) is 5.91 Å². The number of carbonyl (C=O) groups is 1. The van der Waals surface area contributed by atoms with Crippen molar-refractivity contribution in [1.82, 2.24) is 5.32 Å². The van der Waals surface area contributed by atoms with E-state index in [1.165, 1.54) is 0 Å². The summed E-state index contributed by atoms with van der Waals surface area (Å²) in [7, 11) is 3.91. The lowest BCUT2D eigenvalue weighted by Gasteiger charge is -2.37. The fourth-order valence-corrected chi connectivity index (χ4v) is 2.38. The Hall–Kier alpha value is -1.59. The second-order valence-electron chi connectivity index (χ2n) is 5.50. The van der Waals surface area contributed by atoms with E-state index >= 15 is 0 Å². The zero-order valence-corrected chi connectivity index (χ0v) is 12.2. The molecular formula is C15H23N3O2. The molecule has 1 aliphatic heterocycles. The molecule has 1 aromatic carbocycles. The lowest BCUT2D eigenvalue weighted by molar-refractivity contribution is 0.0388. The minimum Gasteiger partial charge on any atom is -0.381 e. The minimum absolute atomic E-state index is 0.0685. The van der Waals surface area contributed by atoms with Crippen LogP contribution in [0.15, 0.2) is 24.3 Å². The molecule has 1 aliphatic rings. The van der Waals surface area contributed by atoms with Crippen LogP contribution < -0.4 is 16.0 Å². The molecule has 5 heteroatoms. The van der Waals surface area contributed by atoms with Gasteiger partial charge >= 0.3 is 0 Å². The molecule has 5 nitrogen and oxygen atoms in total. The Balaban J connectivity index is 2.12. The van der Waals surface area contributed by atoms with E-state index in [-0.39, 0.29) is 11.4 Å². The van der Waals surface area contributed by atoms with E-state index in [9.17, 15) is 4.79 Å². The molecule has 20 heavy (non-hydrogen) atoms. The molecule has 3 N–H and O–H groups in total. The quantitative estimate of drug-likeness (QED) is 0.861. The second kappa shape index (κ2) is 6.24. The van der Waals surface area contributed by atoms with Crippen LogP contribution in [0.5, 0.6) is 0 Å². The zero-order valence-electron chi connectivity index (χ0n) is 12.2. The average Bonchev–Trinajstić information content (AvgIpc) is 2.48. The van der Waals surface area contributed by atoms with Gasteiger partial charge in [-0.15, -0.1) is 0 Å². The highest BCUT2D eigenvalue weighted by atomic mass is 16.5. The number of anilines is 1. The van der Waals surface area contributed by atoms with Crippen LogP contribution in [0.25, 0.3) is 0 Å². The van der Waals surface area contributed by atoms with Crippen molar-refractivity contribution in [2.45, 2.75) is 18.4 Å². The summed E-state index contributed by atoms with van der Waals surface area (Å²) < 4.78 is 5.35. The molecule has 1 heterocycles. The number of hydrogen-bond donors (Lipinski definition) is 2. The fraction of sp³-hybridized carbons (Fsp3) is 0.533. The molecule has 0 bridgehead atoms. The molecular weight excluding hydrogens is 254 g/mol. The first kappa shape index (κ1) is 14.8. The van der Waals surface area contributed by atoms with Crippen molar-refractivity contribution in [2.24, 2.45) is 5.73 Å². The van der Waals surface area contributed by atoms with E-state index in [1.54, 1.807) is 0 Å². The number of carbonyl (C=O) groups excluding carboxylic acids is 1. The molecule has 1 fully saturated rings. The molecule has 0 spiro atoms. The van der Waals surface area contributed by atoms with Gasteiger partial charge in [0, 0.05) is 45.1 Å². The molecule has 0 saturated carbocycles. The molecule has 0 aliphatic carbocycles. The maximum atomic E-state index is 12.4. The molecule has 0 atom stereocenters. The van der Waals surface area contributed by atoms with E-state index < -0.39 is 0 Å². The number of nitrogens with two attached hydrogens (primary N) is 1. The maximum absolute atomic E-state index is 12.4. The van der Waals surface area contributed by atoms with Crippen LogP contribution in [0, 0.1) is 0 Å². The first-order valence-corrected chi connectivity index (χ1v) is 6.94. The third-order valence-electron chi connectivity index (χ3n) is 3.84. The first-order valence-electron chi connectivity index (χ1n) is 6.94. The predicted octanol–water partition coefficient (Wildman–Crippen LogP) is 0.990. The highest BCUT2D eigenvalue weighted by Crippen LogP contribution is 2.21. The van der Waals surface area contributed by atoms with Crippen LogP contribution >= 0.6 is 0 Å². The lowest BCUT2D eigenvalue weighted by atomic mass is 9.89. The highest BCUT2D eigenvalue weighted by molar-refractivity contribution is 5.95. The Bertz CT molecular complexity index is 468. The van der Waals surface area contributed by atoms with Gasteiger partial charge in [0.1, 0.15) is 0 Å². The van der Waals surface area contributed by atoms with E-state index in [0.29, 0.717) is 25.3 Å². The summed E-state index contributed by atoms with van der Waals surface area (Å²) in [4.78, 5) is 14.4. The molecule has 2 rings (SSSR count). The number of ether oxygens (including phenoxy) is 1. The Morgan fingerprint density at radius 2 is 2.10 bits per heavy atom. The Labute approximate surface area is 120 Å². The largest absolute Gasteiger partial charge is 0.381 e. The fourth-order valence-electron chi connectivity index (χ4n) is 2.38. The Morgan fingerprint density at radius 1 is 1.40 bits per heavy atom. The number of nitrogens with one attached hydrogen (secondary N) is 1. The van der Waals surface area contributed by atoms with Crippen molar-refractivity contribution in [3.63, 3.8) is 0 Å². The molecule has 1 amide bonds. The van der Waals surface area contributed by atoms with Crippen LogP contribution in [0.1, 0.15) is 23.2 Å². The van der Waals surface area contributed by atoms with Gasteiger partial charge in [-0.1, -0.05) is 6.07 Å². The van der Waals surface area contributed by atoms with Gasteiger partial charge in [-0.2, -0.15) is 0 Å². The van der Waals surface area contributed by atoms with E-state index in [0.717, 1.165) is 18.5 Å². The summed E-state index contributed by atoms with van der Waals surface area (Å²) in [5.41, 5.74) is 7.20. The van der Waals surface area contributed by atoms with Crippen molar-refractivity contribution in [3.05, 3.63) is 29.8 Å². The SMILES string of the molecule is CN(C)c1cccc(C(=O)NC2(CN)CCOCC2)c1. The van der Waals surface area contributed by atoms with Crippen LogP contribution in [-0.2, 0) is 4.74 Å². The summed E-state index contributed by atoms with van der Waals surface area (Å²) in [6, 6.07) is 7.58. The number of nitrogens with zero attached hydrogens (tertiary/aromatic N) is 1. The van der Waals surface area contributed by atoms with Crippen molar-refractivity contribution in [3.8, 4) is 0 Å². The standard InChI is InChI=1S/C15H23N3O2/c1-18(2)13-5-3-4-12(10-13)14(19)17-15(11-16)6-8-20-9-7-15/h3-5,10H,6-9,11,16H2,1-2H3,(H,17,19). The van der Waals surface area contributed by atoms with E-state index in [1.807, 2.05) is 43.3 Å². The highest BCUT2D eigenvalue weighted by Gasteiger charge is 2.33.